The van der Waals surface area contributed by atoms with Gasteiger partial charge in [-0.2, -0.15) is 0 Å². The zero-order valence-electron chi connectivity index (χ0n) is 18.5. The minimum Gasteiger partial charge on any atom is -0.507 e. The molecule has 3 aromatic rings. The maximum absolute atomic E-state index is 13.2. The van der Waals surface area contributed by atoms with Crippen molar-refractivity contribution in [1.29, 1.82) is 0 Å². The third kappa shape index (κ3) is 4.81. The Balaban J connectivity index is 1.84. The molecule has 1 atom stereocenters. The predicted molar refractivity (Wildman–Crippen MR) is 133 cm³/mol. The number of hydrogen-bond acceptors (Lipinski definition) is 4. The Labute approximate surface area is 208 Å². The molecule has 4 rings (SSSR count). The largest absolute Gasteiger partial charge is 0.507 e. The second-order valence-electron chi connectivity index (χ2n) is 7.96. The quantitative estimate of drug-likeness (QED) is 0.233. The molecule has 1 amide bonds. The molecule has 0 bridgehead atoms. The smallest absolute Gasteiger partial charge is 0.295 e. The summed E-state index contributed by atoms with van der Waals surface area (Å²) in [4.78, 5) is 27.8. The van der Waals surface area contributed by atoms with Gasteiger partial charge in [0.15, 0.2) is 0 Å². The van der Waals surface area contributed by atoms with Crippen LogP contribution < -0.4 is 4.74 Å². The number of hydrogen-bond donors (Lipinski definition) is 1. The minimum absolute atomic E-state index is 0.00744. The van der Waals surface area contributed by atoms with E-state index in [1.54, 1.807) is 42.5 Å². The van der Waals surface area contributed by atoms with Gasteiger partial charge in [-0.05, 0) is 41.8 Å². The Morgan fingerprint density at radius 2 is 1.74 bits per heavy atom. The number of amides is 1. The lowest BCUT2D eigenvalue weighted by molar-refractivity contribution is -0.140. The molecule has 7 heteroatoms. The Hall–Kier alpha value is -3.28. The first-order valence-corrected chi connectivity index (χ1v) is 11.7. The van der Waals surface area contributed by atoms with Crippen LogP contribution in [0.5, 0.6) is 5.75 Å². The molecule has 1 aliphatic rings. The van der Waals surface area contributed by atoms with Gasteiger partial charge in [-0.25, -0.2) is 0 Å². The molecule has 3 aromatic carbocycles. The summed E-state index contributed by atoms with van der Waals surface area (Å²) in [6.45, 7) is 2.71. The van der Waals surface area contributed by atoms with Crippen molar-refractivity contribution < 1.29 is 19.4 Å². The lowest BCUT2D eigenvalue weighted by Crippen LogP contribution is -2.29. The standard InChI is InChI=1S/C27H23Cl2NO4/c1-2-13-34-20-10-6-9-19(14-20)25(31)23-24(18-11-12-21(28)22(29)15-18)30(27(33)26(23)32)16-17-7-4-3-5-8-17/h3-12,14-15,24,31H,2,13,16H2,1H3/b25-23+. The summed E-state index contributed by atoms with van der Waals surface area (Å²) < 4.78 is 5.67. The molecule has 1 saturated heterocycles. The first-order valence-electron chi connectivity index (χ1n) is 10.9. The van der Waals surface area contributed by atoms with E-state index in [2.05, 4.69) is 0 Å². The number of halogens is 2. The van der Waals surface area contributed by atoms with Gasteiger partial charge in [-0.3, -0.25) is 9.59 Å². The van der Waals surface area contributed by atoms with Gasteiger partial charge in [0.1, 0.15) is 11.5 Å². The minimum atomic E-state index is -0.838. The molecule has 0 radical (unpaired) electrons. The van der Waals surface area contributed by atoms with Crippen molar-refractivity contribution in [2.24, 2.45) is 0 Å². The fourth-order valence-corrected chi connectivity index (χ4v) is 4.27. The van der Waals surface area contributed by atoms with E-state index >= 15 is 0 Å². The summed E-state index contributed by atoms with van der Waals surface area (Å²) in [5.41, 5.74) is 1.80. The van der Waals surface area contributed by atoms with E-state index in [0.29, 0.717) is 33.5 Å². The third-order valence-electron chi connectivity index (χ3n) is 5.58. The zero-order chi connectivity index (χ0) is 24.2. The van der Waals surface area contributed by atoms with E-state index in [1.807, 2.05) is 37.3 Å². The molecule has 1 aliphatic heterocycles. The highest BCUT2D eigenvalue weighted by molar-refractivity contribution is 6.46. The van der Waals surface area contributed by atoms with Crippen LogP contribution in [0.3, 0.4) is 0 Å². The van der Waals surface area contributed by atoms with Crippen molar-refractivity contribution in [2.45, 2.75) is 25.9 Å². The molecule has 5 nitrogen and oxygen atoms in total. The fraction of sp³-hybridized carbons (Fsp3) is 0.185. The number of rotatable bonds is 7. The van der Waals surface area contributed by atoms with Crippen molar-refractivity contribution >= 4 is 40.7 Å². The van der Waals surface area contributed by atoms with Crippen molar-refractivity contribution in [3.63, 3.8) is 0 Å². The van der Waals surface area contributed by atoms with Crippen LogP contribution in [0.2, 0.25) is 10.0 Å². The van der Waals surface area contributed by atoms with Crippen LogP contribution in [0.1, 0.15) is 36.1 Å². The van der Waals surface area contributed by atoms with E-state index in [0.717, 1.165) is 12.0 Å². The van der Waals surface area contributed by atoms with Gasteiger partial charge >= 0.3 is 0 Å². The molecule has 0 saturated carbocycles. The van der Waals surface area contributed by atoms with Gasteiger partial charge in [0.05, 0.1) is 28.3 Å². The van der Waals surface area contributed by atoms with Gasteiger partial charge in [-0.1, -0.05) is 78.7 Å². The maximum atomic E-state index is 13.2. The van der Waals surface area contributed by atoms with Gasteiger partial charge in [0, 0.05) is 12.1 Å². The van der Waals surface area contributed by atoms with Crippen molar-refractivity contribution in [3.05, 3.63) is 105 Å². The van der Waals surface area contributed by atoms with Gasteiger partial charge in [-0.15, -0.1) is 0 Å². The Bertz CT molecular complexity index is 1260. The first kappa shape index (κ1) is 23.9. The Morgan fingerprint density at radius 3 is 2.44 bits per heavy atom. The molecule has 1 unspecified atom stereocenters. The lowest BCUT2D eigenvalue weighted by Gasteiger charge is -2.25. The SMILES string of the molecule is CCCOc1cccc(/C(O)=C2\C(=O)C(=O)N(Cc3ccccc3)C2c2ccc(Cl)c(Cl)c2)c1. The number of Topliss-reactive ketones (excluding diaryl/α,β-unsaturated/α-hetero) is 1. The zero-order valence-corrected chi connectivity index (χ0v) is 20.0. The molecule has 1 fully saturated rings. The van der Waals surface area contributed by atoms with Crippen LogP contribution in [0.25, 0.3) is 5.76 Å². The van der Waals surface area contributed by atoms with E-state index in [9.17, 15) is 14.7 Å². The monoisotopic (exact) mass is 495 g/mol. The predicted octanol–water partition coefficient (Wildman–Crippen LogP) is 6.40. The second-order valence-corrected chi connectivity index (χ2v) is 8.78. The van der Waals surface area contributed by atoms with Crippen LogP contribution >= 0.6 is 23.2 Å². The normalized spacial score (nSPS) is 17.3. The van der Waals surface area contributed by atoms with Crippen LogP contribution in [0.15, 0.2) is 78.4 Å². The highest BCUT2D eigenvalue weighted by atomic mass is 35.5. The number of ether oxygens (including phenoxy) is 1. The van der Waals surface area contributed by atoms with E-state index < -0.39 is 17.7 Å². The number of benzene rings is 3. The molecule has 1 N–H and O–H groups in total. The lowest BCUT2D eigenvalue weighted by atomic mass is 9.95. The average Bonchev–Trinajstić information content (AvgIpc) is 3.09. The number of nitrogens with zero attached hydrogens (tertiary/aromatic N) is 1. The van der Waals surface area contributed by atoms with Crippen LogP contribution in [-0.4, -0.2) is 28.3 Å². The highest BCUT2D eigenvalue weighted by Crippen LogP contribution is 2.42. The van der Waals surface area contributed by atoms with E-state index in [-0.39, 0.29) is 17.9 Å². The van der Waals surface area contributed by atoms with Gasteiger partial charge < -0.3 is 14.7 Å². The fourth-order valence-electron chi connectivity index (χ4n) is 3.96. The third-order valence-corrected chi connectivity index (χ3v) is 6.31. The van der Waals surface area contributed by atoms with Gasteiger partial charge in [0.25, 0.3) is 11.7 Å². The summed E-state index contributed by atoms with van der Waals surface area (Å²) in [5, 5.41) is 11.9. The molecule has 0 spiro atoms. The van der Waals surface area contributed by atoms with Crippen LogP contribution in [-0.2, 0) is 16.1 Å². The summed E-state index contributed by atoms with van der Waals surface area (Å²) in [7, 11) is 0. The van der Waals surface area contributed by atoms with Crippen LogP contribution in [0, 0.1) is 0 Å². The van der Waals surface area contributed by atoms with Crippen molar-refractivity contribution in [1.82, 2.24) is 4.90 Å². The van der Waals surface area contributed by atoms with Crippen LogP contribution in [0.4, 0.5) is 0 Å². The number of carbonyl (C=O) groups excluding carboxylic acids is 2. The number of aliphatic hydroxyl groups is 1. The van der Waals surface area contributed by atoms with Crippen molar-refractivity contribution in [3.8, 4) is 5.75 Å². The van der Waals surface area contributed by atoms with E-state index in [4.69, 9.17) is 27.9 Å². The topological polar surface area (TPSA) is 66.8 Å². The molecule has 34 heavy (non-hydrogen) atoms. The van der Waals surface area contributed by atoms with Gasteiger partial charge in [0.2, 0.25) is 0 Å². The summed E-state index contributed by atoms with van der Waals surface area (Å²) in [6, 6.07) is 20.3. The Kier molecular flexibility index (Phi) is 7.25. The summed E-state index contributed by atoms with van der Waals surface area (Å²) >= 11 is 12.4. The van der Waals surface area contributed by atoms with Crippen molar-refractivity contribution in [2.75, 3.05) is 6.61 Å². The number of likely N-dealkylation sites (tertiary alicyclic amines) is 1. The maximum Gasteiger partial charge on any atom is 0.295 e. The van der Waals surface area contributed by atoms with E-state index in [1.165, 1.54) is 4.90 Å². The Morgan fingerprint density at radius 1 is 0.971 bits per heavy atom. The highest BCUT2D eigenvalue weighted by Gasteiger charge is 2.46. The molecular formula is C27H23Cl2NO4. The molecular weight excluding hydrogens is 473 g/mol. The number of ketones is 1. The second kappa shape index (κ2) is 10.3. The number of carbonyl (C=O) groups is 2. The summed E-state index contributed by atoms with van der Waals surface area (Å²) in [6.07, 6.45) is 0.831. The molecule has 174 valence electrons. The summed E-state index contributed by atoms with van der Waals surface area (Å²) in [5.74, 6) is -1.16. The first-order chi connectivity index (χ1) is 16.4. The average molecular weight is 496 g/mol. The molecule has 0 aliphatic carbocycles. The molecule has 1 heterocycles. The number of aliphatic hydroxyl groups excluding tert-OH is 1. The molecule has 0 aromatic heterocycles.